The topological polar surface area (TPSA) is 50.4 Å². The Kier molecular flexibility index (Phi) is 7.37. The normalized spacial score (nSPS) is 26.0. The molecule has 3 atom stereocenters. The summed E-state index contributed by atoms with van der Waals surface area (Å²) in [6, 6.07) is 0.552. The molecular weight excluding hydrogens is 288 g/mol. The SMILES string of the molecule is CCC(CC)(CNC1CCCC(C)C1C)NC(=O)OC(C)(C)C. The lowest BCUT2D eigenvalue weighted by molar-refractivity contribution is 0.0439. The molecule has 0 aliphatic heterocycles. The highest BCUT2D eigenvalue weighted by Gasteiger charge is 2.33. The smallest absolute Gasteiger partial charge is 0.408 e. The predicted molar refractivity (Wildman–Crippen MR) is 96.7 cm³/mol. The highest BCUT2D eigenvalue weighted by molar-refractivity contribution is 5.68. The van der Waals surface area contributed by atoms with Crippen molar-refractivity contribution in [2.24, 2.45) is 11.8 Å². The van der Waals surface area contributed by atoms with Crippen LogP contribution in [0.5, 0.6) is 0 Å². The highest BCUT2D eigenvalue weighted by atomic mass is 16.6. The van der Waals surface area contributed by atoms with Gasteiger partial charge in [0.1, 0.15) is 5.60 Å². The van der Waals surface area contributed by atoms with Crippen LogP contribution in [-0.2, 0) is 4.74 Å². The van der Waals surface area contributed by atoms with Crippen LogP contribution >= 0.6 is 0 Å². The lowest BCUT2D eigenvalue weighted by Gasteiger charge is -2.39. The van der Waals surface area contributed by atoms with Crippen LogP contribution in [-0.4, -0.2) is 29.8 Å². The molecule has 0 spiro atoms. The molecule has 1 aliphatic rings. The number of carbonyl (C=O) groups is 1. The molecule has 2 N–H and O–H groups in total. The molecule has 0 aromatic heterocycles. The van der Waals surface area contributed by atoms with Gasteiger partial charge in [0.2, 0.25) is 0 Å². The first-order chi connectivity index (χ1) is 10.6. The summed E-state index contributed by atoms with van der Waals surface area (Å²) >= 11 is 0. The summed E-state index contributed by atoms with van der Waals surface area (Å²) in [5, 5.41) is 6.87. The third-order valence-corrected chi connectivity index (χ3v) is 5.53. The molecule has 0 saturated heterocycles. The maximum absolute atomic E-state index is 12.2. The average molecular weight is 327 g/mol. The third-order valence-electron chi connectivity index (χ3n) is 5.53. The molecule has 23 heavy (non-hydrogen) atoms. The molecule has 0 heterocycles. The third kappa shape index (κ3) is 6.33. The van der Waals surface area contributed by atoms with Crippen LogP contribution in [0.15, 0.2) is 0 Å². The summed E-state index contributed by atoms with van der Waals surface area (Å²) in [6.07, 6.45) is 5.35. The van der Waals surface area contributed by atoms with Crippen molar-refractivity contribution in [3.05, 3.63) is 0 Å². The van der Waals surface area contributed by atoms with Gasteiger partial charge in [0.15, 0.2) is 0 Å². The number of alkyl carbamates (subject to hydrolysis) is 1. The molecule has 0 bridgehead atoms. The van der Waals surface area contributed by atoms with E-state index in [2.05, 4.69) is 38.3 Å². The van der Waals surface area contributed by atoms with Gasteiger partial charge < -0.3 is 15.4 Å². The van der Waals surface area contributed by atoms with Crippen LogP contribution in [0.2, 0.25) is 0 Å². The number of carbonyl (C=O) groups excluding carboxylic acids is 1. The Hall–Kier alpha value is -0.770. The Bertz CT molecular complexity index is 372. The summed E-state index contributed by atoms with van der Waals surface area (Å²) in [4.78, 5) is 12.2. The molecule has 4 nitrogen and oxygen atoms in total. The van der Waals surface area contributed by atoms with Gasteiger partial charge in [-0.1, -0.05) is 40.5 Å². The lowest BCUT2D eigenvalue weighted by Crippen LogP contribution is -2.57. The van der Waals surface area contributed by atoms with Crippen molar-refractivity contribution in [1.82, 2.24) is 10.6 Å². The van der Waals surface area contributed by atoms with Crippen molar-refractivity contribution in [3.63, 3.8) is 0 Å². The van der Waals surface area contributed by atoms with Crippen LogP contribution in [0.4, 0.5) is 4.79 Å². The molecule has 0 radical (unpaired) electrons. The molecule has 1 rings (SSSR count). The number of rotatable bonds is 6. The van der Waals surface area contributed by atoms with E-state index >= 15 is 0 Å². The fourth-order valence-electron chi connectivity index (χ4n) is 3.44. The molecular formula is C19H38N2O2. The van der Waals surface area contributed by atoms with Gasteiger partial charge in [0, 0.05) is 12.6 Å². The largest absolute Gasteiger partial charge is 0.444 e. The first kappa shape index (κ1) is 20.3. The molecule has 3 unspecified atom stereocenters. The molecule has 1 aliphatic carbocycles. The standard InChI is InChI=1S/C19H38N2O2/c1-8-19(9-2,21-17(22)23-18(5,6)7)13-20-16-12-10-11-14(3)15(16)4/h14-16,20H,8-13H2,1-7H3,(H,21,22). The van der Waals surface area contributed by atoms with Crippen molar-refractivity contribution in [2.75, 3.05) is 6.54 Å². The van der Waals surface area contributed by atoms with Crippen molar-refractivity contribution >= 4 is 6.09 Å². The van der Waals surface area contributed by atoms with Crippen LogP contribution in [0.1, 0.15) is 80.6 Å². The summed E-state index contributed by atoms with van der Waals surface area (Å²) in [6.45, 7) is 15.5. The second-order valence-corrected chi connectivity index (χ2v) is 8.37. The Morgan fingerprint density at radius 1 is 1.13 bits per heavy atom. The van der Waals surface area contributed by atoms with Crippen molar-refractivity contribution in [2.45, 2.75) is 97.8 Å². The average Bonchev–Trinajstić information content (AvgIpc) is 2.45. The Morgan fingerprint density at radius 2 is 1.74 bits per heavy atom. The van der Waals surface area contributed by atoms with E-state index in [9.17, 15) is 4.79 Å². The summed E-state index contributed by atoms with van der Waals surface area (Å²) in [5.74, 6) is 1.47. The second-order valence-electron chi connectivity index (χ2n) is 8.37. The van der Waals surface area contributed by atoms with Gasteiger partial charge in [-0.15, -0.1) is 0 Å². The van der Waals surface area contributed by atoms with E-state index < -0.39 is 5.60 Å². The van der Waals surface area contributed by atoms with E-state index in [0.29, 0.717) is 12.0 Å². The zero-order chi connectivity index (χ0) is 17.7. The Labute approximate surface area is 143 Å². The maximum atomic E-state index is 12.2. The molecule has 0 aromatic carbocycles. The quantitative estimate of drug-likeness (QED) is 0.756. The Balaban J connectivity index is 2.64. The number of amides is 1. The summed E-state index contributed by atoms with van der Waals surface area (Å²) in [5.41, 5.74) is -0.694. The minimum absolute atomic E-state index is 0.233. The molecule has 136 valence electrons. The molecule has 1 amide bonds. The minimum Gasteiger partial charge on any atom is -0.444 e. The predicted octanol–water partition coefficient (Wildman–Crippen LogP) is 4.48. The van der Waals surface area contributed by atoms with E-state index in [1.54, 1.807) is 0 Å². The number of hydrogen-bond acceptors (Lipinski definition) is 3. The fraction of sp³-hybridized carbons (Fsp3) is 0.947. The van der Waals surface area contributed by atoms with Crippen molar-refractivity contribution in [3.8, 4) is 0 Å². The first-order valence-electron chi connectivity index (χ1n) is 9.37. The van der Waals surface area contributed by atoms with E-state index in [4.69, 9.17) is 4.74 Å². The first-order valence-corrected chi connectivity index (χ1v) is 9.37. The lowest BCUT2D eigenvalue weighted by atomic mass is 9.77. The fourth-order valence-corrected chi connectivity index (χ4v) is 3.44. The van der Waals surface area contributed by atoms with Gasteiger partial charge in [0.25, 0.3) is 0 Å². The van der Waals surface area contributed by atoms with Gasteiger partial charge in [-0.2, -0.15) is 0 Å². The van der Waals surface area contributed by atoms with E-state index in [1.165, 1.54) is 19.3 Å². The molecule has 4 heteroatoms. The van der Waals surface area contributed by atoms with Gasteiger partial charge in [-0.25, -0.2) is 4.79 Å². The van der Waals surface area contributed by atoms with Crippen LogP contribution in [0.3, 0.4) is 0 Å². The zero-order valence-electron chi connectivity index (χ0n) is 16.3. The molecule has 0 aromatic rings. The van der Waals surface area contributed by atoms with Crippen LogP contribution in [0.25, 0.3) is 0 Å². The maximum Gasteiger partial charge on any atom is 0.408 e. The highest BCUT2D eigenvalue weighted by Crippen LogP contribution is 2.30. The van der Waals surface area contributed by atoms with Gasteiger partial charge in [-0.3, -0.25) is 0 Å². The number of nitrogens with one attached hydrogen (secondary N) is 2. The second kappa shape index (κ2) is 8.36. The minimum atomic E-state index is -0.460. The zero-order valence-corrected chi connectivity index (χ0v) is 16.3. The molecule has 1 saturated carbocycles. The number of ether oxygens (including phenoxy) is 1. The van der Waals surface area contributed by atoms with Gasteiger partial charge in [-0.05, 0) is 51.9 Å². The van der Waals surface area contributed by atoms with Crippen LogP contribution < -0.4 is 10.6 Å². The van der Waals surface area contributed by atoms with E-state index in [-0.39, 0.29) is 11.6 Å². The van der Waals surface area contributed by atoms with E-state index in [0.717, 1.165) is 25.3 Å². The monoisotopic (exact) mass is 326 g/mol. The number of hydrogen-bond donors (Lipinski definition) is 2. The summed E-state index contributed by atoms with van der Waals surface area (Å²) < 4.78 is 5.45. The Morgan fingerprint density at radius 3 is 2.26 bits per heavy atom. The molecule has 1 fully saturated rings. The summed E-state index contributed by atoms with van der Waals surface area (Å²) in [7, 11) is 0. The van der Waals surface area contributed by atoms with Crippen molar-refractivity contribution < 1.29 is 9.53 Å². The van der Waals surface area contributed by atoms with E-state index in [1.807, 2.05) is 20.8 Å². The van der Waals surface area contributed by atoms with Crippen molar-refractivity contribution in [1.29, 1.82) is 0 Å². The van der Waals surface area contributed by atoms with Gasteiger partial charge in [0.05, 0.1) is 5.54 Å². The van der Waals surface area contributed by atoms with Gasteiger partial charge >= 0.3 is 6.09 Å². The van der Waals surface area contributed by atoms with Crippen LogP contribution in [0, 0.1) is 11.8 Å².